The number of nitrogens with one attached hydrogen (secondary N) is 1. The maximum absolute atomic E-state index is 12.6. The predicted octanol–water partition coefficient (Wildman–Crippen LogP) is 4.90. The highest BCUT2D eigenvalue weighted by Crippen LogP contribution is 2.34. The molecule has 1 aliphatic carbocycles. The molecule has 0 spiro atoms. The Labute approximate surface area is 202 Å². The lowest BCUT2D eigenvalue weighted by atomic mass is 9.89. The van der Waals surface area contributed by atoms with Gasteiger partial charge in [0.05, 0.1) is 24.6 Å². The third-order valence-electron chi connectivity index (χ3n) is 6.15. The van der Waals surface area contributed by atoms with Gasteiger partial charge in [-0.1, -0.05) is 0 Å². The predicted molar refractivity (Wildman–Crippen MR) is 132 cm³/mol. The van der Waals surface area contributed by atoms with E-state index < -0.39 is 5.60 Å². The molecule has 0 saturated heterocycles. The number of anilines is 1. The van der Waals surface area contributed by atoms with Crippen molar-refractivity contribution in [2.45, 2.75) is 78.0 Å². The van der Waals surface area contributed by atoms with Crippen LogP contribution >= 0.6 is 0 Å². The minimum absolute atomic E-state index is 0.0995. The first-order valence-corrected chi connectivity index (χ1v) is 11.9. The van der Waals surface area contributed by atoms with E-state index in [1.54, 1.807) is 18.6 Å². The smallest absolute Gasteiger partial charge is 0.407 e. The molecule has 1 aliphatic rings. The molecule has 3 rings (SSSR count). The fourth-order valence-electron chi connectivity index (χ4n) is 4.55. The zero-order valence-corrected chi connectivity index (χ0v) is 21.1. The van der Waals surface area contributed by atoms with Gasteiger partial charge in [-0.2, -0.15) is 0 Å². The quantitative estimate of drug-likeness (QED) is 0.603. The monoisotopic (exact) mass is 468 g/mol. The zero-order chi connectivity index (χ0) is 24.9. The molecule has 1 heterocycles. The lowest BCUT2D eigenvalue weighted by molar-refractivity contribution is 0.0490. The van der Waals surface area contributed by atoms with Crippen molar-refractivity contribution in [2.24, 2.45) is 0 Å². The van der Waals surface area contributed by atoms with Crippen LogP contribution in [-0.4, -0.2) is 53.4 Å². The Morgan fingerprint density at radius 2 is 1.85 bits per heavy atom. The number of amides is 1. The van der Waals surface area contributed by atoms with Crippen LogP contribution in [0, 0.1) is 6.92 Å². The van der Waals surface area contributed by atoms with E-state index in [1.165, 1.54) is 7.11 Å². The SMILES string of the molecule is CCN(c1cc(-c2cnccn2)cc(C(=O)OC)c1C)C1CCC(NC(=O)OC(C)(C)C)CC1. The van der Waals surface area contributed by atoms with Gasteiger partial charge in [0.1, 0.15) is 5.60 Å². The van der Waals surface area contributed by atoms with Gasteiger partial charge < -0.3 is 19.7 Å². The van der Waals surface area contributed by atoms with E-state index >= 15 is 0 Å². The van der Waals surface area contributed by atoms with Crippen LogP contribution in [0.1, 0.15) is 69.3 Å². The summed E-state index contributed by atoms with van der Waals surface area (Å²) in [6.07, 6.45) is 8.19. The van der Waals surface area contributed by atoms with Crippen molar-refractivity contribution in [3.63, 3.8) is 0 Å². The molecule has 0 bridgehead atoms. The van der Waals surface area contributed by atoms with Crippen LogP contribution < -0.4 is 10.2 Å². The maximum Gasteiger partial charge on any atom is 0.407 e. The van der Waals surface area contributed by atoms with Gasteiger partial charge in [-0.3, -0.25) is 9.97 Å². The number of alkyl carbamates (subject to hydrolysis) is 1. The molecule has 1 aromatic carbocycles. The number of methoxy groups -OCH3 is 1. The van der Waals surface area contributed by atoms with E-state index in [-0.39, 0.29) is 18.1 Å². The van der Waals surface area contributed by atoms with Gasteiger partial charge in [-0.05, 0) is 78.0 Å². The number of carbonyl (C=O) groups is 2. The summed E-state index contributed by atoms with van der Waals surface area (Å²) in [7, 11) is 1.40. The maximum atomic E-state index is 12.6. The first-order valence-electron chi connectivity index (χ1n) is 11.9. The molecule has 0 aliphatic heterocycles. The van der Waals surface area contributed by atoms with E-state index in [4.69, 9.17) is 9.47 Å². The highest BCUT2D eigenvalue weighted by Gasteiger charge is 2.29. The second-order valence-corrected chi connectivity index (χ2v) is 9.69. The van der Waals surface area contributed by atoms with Crippen LogP contribution in [0.4, 0.5) is 10.5 Å². The lowest BCUT2D eigenvalue weighted by Crippen LogP contribution is -2.45. The average molecular weight is 469 g/mol. The molecular formula is C26H36N4O4. The van der Waals surface area contributed by atoms with Crippen molar-refractivity contribution in [1.29, 1.82) is 0 Å². The summed E-state index contributed by atoms with van der Waals surface area (Å²) in [5.74, 6) is -0.370. The number of rotatable bonds is 6. The van der Waals surface area contributed by atoms with E-state index in [9.17, 15) is 9.59 Å². The summed E-state index contributed by atoms with van der Waals surface area (Å²) in [5.41, 5.74) is 3.43. The summed E-state index contributed by atoms with van der Waals surface area (Å²) in [5, 5.41) is 3.01. The van der Waals surface area contributed by atoms with E-state index in [0.717, 1.165) is 49.0 Å². The number of benzene rings is 1. The number of aromatic nitrogens is 2. The van der Waals surface area contributed by atoms with Crippen molar-refractivity contribution >= 4 is 17.7 Å². The Bertz CT molecular complexity index is 996. The van der Waals surface area contributed by atoms with Crippen molar-refractivity contribution < 1.29 is 19.1 Å². The molecule has 0 unspecified atom stereocenters. The molecule has 1 saturated carbocycles. The molecule has 1 amide bonds. The number of carbonyl (C=O) groups excluding carboxylic acids is 2. The Morgan fingerprint density at radius 1 is 1.15 bits per heavy atom. The second kappa shape index (κ2) is 10.8. The van der Waals surface area contributed by atoms with Crippen molar-refractivity contribution in [3.8, 4) is 11.3 Å². The molecule has 8 nitrogen and oxygen atoms in total. The number of ether oxygens (including phenoxy) is 2. The molecule has 0 atom stereocenters. The molecule has 0 radical (unpaired) electrons. The van der Waals surface area contributed by atoms with Crippen molar-refractivity contribution in [2.75, 3.05) is 18.6 Å². The topological polar surface area (TPSA) is 93.7 Å². The summed E-state index contributed by atoms with van der Waals surface area (Å²) in [4.78, 5) is 35.7. The number of esters is 1. The Balaban J connectivity index is 1.82. The summed E-state index contributed by atoms with van der Waals surface area (Å²) < 4.78 is 10.5. The molecular weight excluding hydrogens is 432 g/mol. The largest absolute Gasteiger partial charge is 0.465 e. The van der Waals surface area contributed by atoms with Crippen LogP contribution in [0.25, 0.3) is 11.3 Å². The fraction of sp³-hybridized carbons (Fsp3) is 0.538. The molecule has 1 fully saturated rings. The summed E-state index contributed by atoms with van der Waals surface area (Å²) in [6, 6.07) is 4.30. The fourth-order valence-corrected chi connectivity index (χ4v) is 4.55. The molecule has 1 N–H and O–H groups in total. The van der Waals surface area contributed by atoms with Crippen LogP contribution in [0.15, 0.2) is 30.7 Å². The van der Waals surface area contributed by atoms with Gasteiger partial charge in [0.15, 0.2) is 0 Å². The Kier molecular flexibility index (Phi) is 8.12. The third kappa shape index (κ3) is 6.24. The minimum atomic E-state index is -0.511. The van der Waals surface area contributed by atoms with Gasteiger partial charge in [-0.25, -0.2) is 9.59 Å². The van der Waals surface area contributed by atoms with Gasteiger partial charge in [0, 0.05) is 42.3 Å². The lowest BCUT2D eigenvalue weighted by Gasteiger charge is -2.39. The van der Waals surface area contributed by atoms with Crippen molar-refractivity contribution in [3.05, 3.63) is 41.9 Å². The third-order valence-corrected chi connectivity index (χ3v) is 6.15. The molecule has 34 heavy (non-hydrogen) atoms. The van der Waals surface area contributed by atoms with Gasteiger partial charge >= 0.3 is 12.1 Å². The van der Waals surface area contributed by atoms with Gasteiger partial charge in [-0.15, -0.1) is 0 Å². The Hall–Kier alpha value is -3.16. The van der Waals surface area contributed by atoms with Crippen LogP contribution in [0.2, 0.25) is 0 Å². The molecule has 8 heteroatoms. The van der Waals surface area contributed by atoms with E-state index in [1.807, 2.05) is 33.8 Å². The first kappa shape index (κ1) is 25.5. The standard InChI is InChI=1S/C26H36N4O4/c1-7-30(20-10-8-19(9-11-20)29-25(32)34-26(3,4)5)23-15-18(22-16-27-12-13-28-22)14-21(17(23)2)24(31)33-6/h12-16,19-20H,7-11H2,1-6H3,(H,29,32). The highest BCUT2D eigenvalue weighted by molar-refractivity contribution is 5.95. The van der Waals surface area contributed by atoms with Crippen LogP contribution in [0.3, 0.4) is 0 Å². The average Bonchev–Trinajstić information content (AvgIpc) is 2.80. The summed E-state index contributed by atoms with van der Waals surface area (Å²) in [6.45, 7) is 10.5. The normalized spacial score (nSPS) is 18.2. The highest BCUT2D eigenvalue weighted by atomic mass is 16.6. The molecule has 184 valence electrons. The number of hydrogen-bond donors (Lipinski definition) is 1. The van der Waals surface area contributed by atoms with Gasteiger partial charge in [0.2, 0.25) is 0 Å². The van der Waals surface area contributed by atoms with Crippen molar-refractivity contribution in [1.82, 2.24) is 15.3 Å². The molecule has 2 aromatic rings. The number of hydrogen-bond acceptors (Lipinski definition) is 7. The zero-order valence-electron chi connectivity index (χ0n) is 21.1. The Morgan fingerprint density at radius 3 is 2.41 bits per heavy atom. The molecule has 1 aromatic heterocycles. The minimum Gasteiger partial charge on any atom is -0.465 e. The van der Waals surface area contributed by atoms with Crippen LogP contribution in [0.5, 0.6) is 0 Å². The van der Waals surface area contributed by atoms with E-state index in [2.05, 4.69) is 33.2 Å². The van der Waals surface area contributed by atoms with E-state index in [0.29, 0.717) is 17.3 Å². The van der Waals surface area contributed by atoms with Crippen LogP contribution in [-0.2, 0) is 9.47 Å². The summed E-state index contributed by atoms with van der Waals surface area (Å²) >= 11 is 0. The number of nitrogens with zero attached hydrogens (tertiary/aromatic N) is 3. The van der Waals surface area contributed by atoms with Gasteiger partial charge in [0.25, 0.3) is 0 Å². The second-order valence-electron chi connectivity index (χ2n) is 9.69. The first-order chi connectivity index (χ1) is 16.1.